The second kappa shape index (κ2) is 2.12. The second-order valence-corrected chi connectivity index (χ2v) is 2.49. The second-order valence-electron chi connectivity index (χ2n) is 2.15. The molecule has 0 radical (unpaired) electrons. The molecular formula is C5H5ClO4. The van der Waals surface area contributed by atoms with Gasteiger partial charge in [-0.2, -0.15) is 0 Å². The number of carbonyl (C=O) groups excluding carboxylic acids is 2. The molecule has 1 saturated heterocycles. The minimum atomic E-state index is -1.28. The highest BCUT2D eigenvalue weighted by Gasteiger charge is 2.43. The van der Waals surface area contributed by atoms with Crippen LogP contribution in [0.2, 0.25) is 0 Å². The number of hydrogen-bond donors (Lipinski definition) is 0. The summed E-state index contributed by atoms with van der Waals surface area (Å²) in [6.07, 6.45) is -0.850. The molecule has 0 aromatic heterocycles. The van der Waals surface area contributed by atoms with Crippen molar-refractivity contribution < 1.29 is 19.1 Å². The van der Waals surface area contributed by atoms with Crippen LogP contribution in [0.5, 0.6) is 0 Å². The van der Waals surface area contributed by atoms with E-state index in [0.29, 0.717) is 0 Å². The highest BCUT2D eigenvalue weighted by molar-refractivity contribution is 6.65. The van der Waals surface area contributed by atoms with Crippen LogP contribution in [0.25, 0.3) is 0 Å². The van der Waals surface area contributed by atoms with E-state index in [0.717, 1.165) is 0 Å². The van der Waals surface area contributed by atoms with E-state index in [4.69, 9.17) is 11.6 Å². The first-order valence-electron chi connectivity index (χ1n) is 2.60. The Morgan fingerprint density at radius 2 is 2.40 bits per heavy atom. The largest absolute Gasteiger partial charge is 0.509 e. The van der Waals surface area contributed by atoms with E-state index in [2.05, 4.69) is 9.47 Å². The van der Waals surface area contributed by atoms with Gasteiger partial charge in [0.15, 0.2) is 0 Å². The van der Waals surface area contributed by atoms with Crippen LogP contribution in [0, 0.1) is 0 Å². The van der Waals surface area contributed by atoms with Crippen LogP contribution in [0.15, 0.2) is 0 Å². The summed E-state index contributed by atoms with van der Waals surface area (Å²) in [5.74, 6) is 0. The van der Waals surface area contributed by atoms with Gasteiger partial charge in [0, 0.05) is 0 Å². The van der Waals surface area contributed by atoms with Crippen LogP contribution in [0.1, 0.15) is 6.92 Å². The van der Waals surface area contributed by atoms with Crippen molar-refractivity contribution in [1.82, 2.24) is 0 Å². The van der Waals surface area contributed by atoms with Crippen molar-refractivity contribution >= 4 is 23.0 Å². The van der Waals surface area contributed by atoms with Crippen LogP contribution in [-0.4, -0.2) is 23.6 Å². The van der Waals surface area contributed by atoms with Gasteiger partial charge >= 0.3 is 6.16 Å². The van der Waals surface area contributed by atoms with Gasteiger partial charge < -0.3 is 9.47 Å². The number of cyclic esters (lactones) is 2. The first-order valence-corrected chi connectivity index (χ1v) is 2.98. The lowest BCUT2D eigenvalue weighted by atomic mass is 10.1. The van der Waals surface area contributed by atoms with Crippen molar-refractivity contribution in [3.63, 3.8) is 0 Å². The van der Waals surface area contributed by atoms with Crippen LogP contribution in [0.3, 0.4) is 0 Å². The van der Waals surface area contributed by atoms with Gasteiger partial charge in [-0.05, 0) is 18.5 Å². The zero-order chi connectivity index (χ0) is 7.78. The predicted octanol–water partition coefficient (Wildman–Crippen LogP) is 0.677. The lowest BCUT2D eigenvalue weighted by molar-refractivity contribution is -0.124. The highest BCUT2D eigenvalue weighted by atomic mass is 35.5. The fourth-order valence-corrected chi connectivity index (χ4v) is 0.629. The first-order chi connectivity index (χ1) is 4.54. The van der Waals surface area contributed by atoms with Crippen molar-refractivity contribution in [2.24, 2.45) is 0 Å². The zero-order valence-corrected chi connectivity index (χ0v) is 5.97. The molecule has 0 bridgehead atoms. The van der Waals surface area contributed by atoms with Gasteiger partial charge in [0.1, 0.15) is 6.61 Å². The zero-order valence-electron chi connectivity index (χ0n) is 5.22. The smallest absolute Gasteiger partial charge is 0.429 e. The van der Waals surface area contributed by atoms with Gasteiger partial charge in [-0.15, -0.1) is 0 Å². The molecule has 1 rings (SSSR count). The fraction of sp³-hybridized carbons (Fsp3) is 0.600. The van der Waals surface area contributed by atoms with Crippen molar-refractivity contribution in [3.05, 3.63) is 0 Å². The SMILES string of the molecule is CC1(C(=O)Cl)COC(=O)O1. The highest BCUT2D eigenvalue weighted by Crippen LogP contribution is 2.21. The molecule has 0 saturated carbocycles. The average Bonchev–Trinajstić information content (AvgIpc) is 2.13. The van der Waals surface area contributed by atoms with Crippen LogP contribution < -0.4 is 0 Å². The number of ether oxygens (including phenoxy) is 2. The van der Waals surface area contributed by atoms with Crippen molar-refractivity contribution in [3.8, 4) is 0 Å². The monoisotopic (exact) mass is 164 g/mol. The lowest BCUT2D eigenvalue weighted by Crippen LogP contribution is -2.34. The molecule has 4 nitrogen and oxygen atoms in total. The van der Waals surface area contributed by atoms with Crippen LogP contribution in [-0.2, 0) is 14.3 Å². The van der Waals surface area contributed by atoms with E-state index >= 15 is 0 Å². The maximum atomic E-state index is 10.5. The van der Waals surface area contributed by atoms with E-state index in [-0.39, 0.29) is 6.61 Å². The van der Waals surface area contributed by atoms with Gasteiger partial charge in [0.05, 0.1) is 0 Å². The predicted molar refractivity (Wildman–Crippen MR) is 31.7 cm³/mol. The summed E-state index contributed by atoms with van der Waals surface area (Å²) in [7, 11) is 0. The lowest BCUT2D eigenvalue weighted by Gasteiger charge is -2.11. The third kappa shape index (κ3) is 1.07. The maximum absolute atomic E-state index is 10.5. The summed E-state index contributed by atoms with van der Waals surface area (Å²) in [5.41, 5.74) is -1.28. The summed E-state index contributed by atoms with van der Waals surface area (Å²) in [6.45, 7) is 1.29. The molecule has 1 unspecified atom stereocenters. The Balaban J connectivity index is 2.72. The standard InChI is InChI=1S/C5H5ClO4/c1-5(3(6)7)2-9-4(8)10-5/h2H2,1H3. The number of carbonyl (C=O) groups is 2. The quantitative estimate of drug-likeness (QED) is 0.422. The Bertz CT molecular complexity index is 190. The van der Waals surface area contributed by atoms with Crippen molar-refractivity contribution in [2.45, 2.75) is 12.5 Å². The van der Waals surface area contributed by atoms with Gasteiger partial charge in [-0.1, -0.05) is 0 Å². The molecule has 0 aliphatic carbocycles. The number of rotatable bonds is 1. The van der Waals surface area contributed by atoms with E-state index in [1.807, 2.05) is 0 Å². The van der Waals surface area contributed by atoms with Gasteiger partial charge in [0.2, 0.25) is 5.60 Å². The summed E-state index contributed by atoms with van der Waals surface area (Å²) < 4.78 is 8.83. The molecule has 1 fully saturated rings. The summed E-state index contributed by atoms with van der Waals surface area (Å²) in [6, 6.07) is 0. The molecule has 0 amide bonds. The maximum Gasteiger partial charge on any atom is 0.509 e. The Hall–Kier alpha value is -0.770. The summed E-state index contributed by atoms with van der Waals surface area (Å²) in [4.78, 5) is 20.8. The van der Waals surface area contributed by atoms with E-state index < -0.39 is 17.0 Å². The topological polar surface area (TPSA) is 52.6 Å². The molecule has 1 aliphatic rings. The van der Waals surface area contributed by atoms with E-state index in [9.17, 15) is 9.59 Å². The van der Waals surface area contributed by atoms with Crippen LogP contribution >= 0.6 is 11.6 Å². The summed E-state index contributed by atoms with van der Waals surface area (Å²) >= 11 is 5.09. The van der Waals surface area contributed by atoms with Gasteiger partial charge in [-0.3, -0.25) is 4.79 Å². The number of hydrogen-bond acceptors (Lipinski definition) is 4. The third-order valence-corrected chi connectivity index (χ3v) is 1.59. The molecule has 1 heterocycles. The molecule has 0 N–H and O–H groups in total. The first kappa shape index (κ1) is 7.34. The van der Waals surface area contributed by atoms with Gasteiger partial charge in [-0.25, -0.2) is 4.79 Å². The molecule has 1 atom stereocenters. The van der Waals surface area contributed by atoms with E-state index in [1.165, 1.54) is 6.92 Å². The van der Waals surface area contributed by atoms with Crippen molar-refractivity contribution in [1.29, 1.82) is 0 Å². The minimum Gasteiger partial charge on any atom is -0.429 e. The number of halogens is 1. The van der Waals surface area contributed by atoms with Crippen LogP contribution in [0.4, 0.5) is 4.79 Å². The normalized spacial score (nSPS) is 31.2. The molecule has 0 aromatic carbocycles. The molecule has 10 heavy (non-hydrogen) atoms. The fourth-order valence-electron chi connectivity index (χ4n) is 0.536. The Labute approximate surface area is 62.0 Å². The Kier molecular flexibility index (Phi) is 1.56. The van der Waals surface area contributed by atoms with Gasteiger partial charge in [0.25, 0.3) is 5.24 Å². The molecule has 0 aromatic rings. The molecule has 1 aliphatic heterocycles. The molecule has 5 heteroatoms. The Morgan fingerprint density at radius 1 is 1.80 bits per heavy atom. The Morgan fingerprint density at radius 3 is 2.60 bits per heavy atom. The molecule has 56 valence electrons. The molecular weight excluding hydrogens is 160 g/mol. The minimum absolute atomic E-state index is 0.103. The van der Waals surface area contributed by atoms with E-state index in [1.54, 1.807) is 0 Å². The summed E-state index contributed by atoms with van der Waals surface area (Å²) in [5, 5.41) is -0.724. The third-order valence-electron chi connectivity index (χ3n) is 1.19. The molecule has 0 spiro atoms. The van der Waals surface area contributed by atoms with Crippen molar-refractivity contribution in [2.75, 3.05) is 6.61 Å². The average molecular weight is 165 g/mol.